The van der Waals surface area contributed by atoms with Crippen molar-refractivity contribution in [3.05, 3.63) is 28.1 Å². The van der Waals surface area contributed by atoms with Crippen molar-refractivity contribution >= 4 is 25.4 Å². The molecule has 0 aliphatic carbocycles. The first-order valence-corrected chi connectivity index (χ1v) is 6.63. The summed E-state index contributed by atoms with van der Waals surface area (Å²) in [5.74, 6) is -1.65. The van der Waals surface area contributed by atoms with E-state index in [4.69, 9.17) is 15.4 Å². The van der Waals surface area contributed by atoms with Crippen molar-refractivity contribution < 1.29 is 22.5 Å². The van der Waals surface area contributed by atoms with Gasteiger partial charge in [-0.3, -0.25) is 10.1 Å². The van der Waals surface area contributed by atoms with Gasteiger partial charge in [0.2, 0.25) is 5.82 Å². The van der Waals surface area contributed by atoms with Gasteiger partial charge in [0.05, 0.1) is 17.6 Å². The molecule has 0 fully saturated rings. The van der Waals surface area contributed by atoms with E-state index in [2.05, 4.69) is 0 Å². The van der Waals surface area contributed by atoms with Gasteiger partial charge in [-0.1, -0.05) is 0 Å². The Kier molecular flexibility index (Phi) is 3.89. The molecular weight excluding hydrogens is 277 g/mol. The molecule has 0 atom stereocenters. The number of rotatable bonds is 4. The molecular formula is C8H7ClFNO5S. The average Bonchev–Trinajstić information content (AvgIpc) is 2.18. The molecule has 0 unspecified atom stereocenters. The number of benzene rings is 1. The molecule has 1 aromatic rings. The zero-order valence-corrected chi connectivity index (χ0v) is 10.1. The fraction of sp³-hybridized carbons (Fsp3) is 0.250. The predicted molar refractivity (Wildman–Crippen MR) is 57.3 cm³/mol. The summed E-state index contributed by atoms with van der Waals surface area (Å²) < 4.78 is 40.4. The highest BCUT2D eigenvalue weighted by Crippen LogP contribution is 2.31. The van der Waals surface area contributed by atoms with Gasteiger partial charge in [0.15, 0.2) is 0 Å². The quantitative estimate of drug-likeness (QED) is 0.479. The van der Waals surface area contributed by atoms with Crippen LogP contribution in [0, 0.1) is 15.9 Å². The maximum atomic E-state index is 13.5. The van der Waals surface area contributed by atoms with Crippen molar-refractivity contribution in [3.63, 3.8) is 0 Å². The minimum absolute atomic E-state index is 0.139. The summed E-state index contributed by atoms with van der Waals surface area (Å²) in [6.45, 7) is 1.73. The summed E-state index contributed by atoms with van der Waals surface area (Å²) in [6.07, 6.45) is 0. The molecule has 1 rings (SSSR count). The van der Waals surface area contributed by atoms with E-state index < -0.39 is 30.4 Å². The maximum Gasteiger partial charge on any atom is 0.309 e. The SMILES string of the molecule is CCOc1cc([N+](=O)[O-])c(F)c(S(=O)(=O)Cl)c1. The number of nitrogens with zero attached hydrogens (tertiary/aromatic N) is 1. The highest BCUT2D eigenvalue weighted by atomic mass is 35.7. The second kappa shape index (κ2) is 4.84. The molecule has 0 amide bonds. The number of ether oxygens (including phenoxy) is 1. The first kappa shape index (κ1) is 13.7. The fourth-order valence-electron chi connectivity index (χ4n) is 1.12. The number of halogens is 2. The van der Waals surface area contributed by atoms with Gasteiger partial charge in [-0.25, -0.2) is 8.42 Å². The molecule has 0 heterocycles. The molecule has 0 spiro atoms. The fourth-order valence-corrected chi connectivity index (χ4v) is 2.03. The van der Waals surface area contributed by atoms with E-state index in [-0.39, 0.29) is 12.4 Å². The van der Waals surface area contributed by atoms with E-state index in [1.54, 1.807) is 6.92 Å². The molecule has 0 saturated heterocycles. The molecule has 0 saturated carbocycles. The van der Waals surface area contributed by atoms with Gasteiger partial charge in [0.1, 0.15) is 10.6 Å². The number of nitro benzene ring substituents is 1. The van der Waals surface area contributed by atoms with Crippen LogP contribution in [0.3, 0.4) is 0 Å². The van der Waals surface area contributed by atoms with Crippen molar-refractivity contribution in [1.29, 1.82) is 0 Å². The molecule has 0 radical (unpaired) electrons. The Hall–Kier alpha value is -1.41. The van der Waals surface area contributed by atoms with Crippen LogP contribution in [0.5, 0.6) is 5.75 Å². The smallest absolute Gasteiger partial charge is 0.309 e. The van der Waals surface area contributed by atoms with E-state index in [1.165, 1.54) is 0 Å². The minimum Gasteiger partial charge on any atom is -0.494 e. The van der Waals surface area contributed by atoms with Crippen LogP contribution in [0.15, 0.2) is 17.0 Å². The van der Waals surface area contributed by atoms with Gasteiger partial charge in [0, 0.05) is 16.7 Å². The average molecular weight is 284 g/mol. The summed E-state index contributed by atoms with van der Waals surface area (Å²) in [5.41, 5.74) is -1.00. The molecule has 6 nitrogen and oxygen atoms in total. The van der Waals surface area contributed by atoms with Gasteiger partial charge in [0.25, 0.3) is 9.05 Å². The predicted octanol–water partition coefficient (Wildman–Crippen LogP) is 2.06. The van der Waals surface area contributed by atoms with Crippen LogP contribution >= 0.6 is 10.7 Å². The van der Waals surface area contributed by atoms with Crippen LogP contribution in [0.2, 0.25) is 0 Å². The Morgan fingerprint density at radius 2 is 2.12 bits per heavy atom. The third-order valence-corrected chi connectivity index (χ3v) is 3.09. The number of hydrogen-bond acceptors (Lipinski definition) is 5. The second-order valence-electron chi connectivity index (χ2n) is 2.88. The molecule has 0 aliphatic rings. The third kappa shape index (κ3) is 3.04. The lowest BCUT2D eigenvalue weighted by molar-refractivity contribution is -0.387. The molecule has 0 aromatic heterocycles. The number of hydrogen-bond donors (Lipinski definition) is 0. The zero-order valence-electron chi connectivity index (χ0n) is 8.51. The van der Waals surface area contributed by atoms with Gasteiger partial charge in [-0.2, -0.15) is 4.39 Å². The monoisotopic (exact) mass is 283 g/mol. The zero-order chi connectivity index (χ0) is 13.2. The lowest BCUT2D eigenvalue weighted by atomic mass is 10.3. The van der Waals surface area contributed by atoms with Crippen molar-refractivity contribution in [2.45, 2.75) is 11.8 Å². The summed E-state index contributed by atoms with van der Waals surface area (Å²) in [5, 5.41) is 10.5. The molecule has 0 bridgehead atoms. The molecule has 94 valence electrons. The van der Waals surface area contributed by atoms with Gasteiger partial charge in [-0.15, -0.1) is 0 Å². The Balaban J connectivity index is 3.55. The molecule has 1 aromatic carbocycles. The van der Waals surface area contributed by atoms with E-state index >= 15 is 0 Å². The maximum absolute atomic E-state index is 13.5. The van der Waals surface area contributed by atoms with Crippen molar-refractivity contribution in [1.82, 2.24) is 0 Å². The van der Waals surface area contributed by atoms with Crippen LogP contribution in [-0.4, -0.2) is 19.9 Å². The third-order valence-electron chi connectivity index (χ3n) is 1.76. The topological polar surface area (TPSA) is 86.5 Å². The second-order valence-corrected chi connectivity index (χ2v) is 5.42. The van der Waals surface area contributed by atoms with Crippen molar-refractivity contribution in [2.75, 3.05) is 6.61 Å². The van der Waals surface area contributed by atoms with Crippen molar-refractivity contribution in [2.24, 2.45) is 0 Å². The molecule has 9 heteroatoms. The normalized spacial score (nSPS) is 11.2. The summed E-state index contributed by atoms with van der Waals surface area (Å²) in [7, 11) is 0.549. The molecule has 0 N–H and O–H groups in total. The Labute approximate surface area is 101 Å². The summed E-state index contributed by atoms with van der Waals surface area (Å²) in [4.78, 5) is 8.50. The largest absolute Gasteiger partial charge is 0.494 e. The van der Waals surface area contributed by atoms with Gasteiger partial charge in [-0.05, 0) is 6.92 Å². The van der Waals surface area contributed by atoms with Gasteiger partial charge >= 0.3 is 5.69 Å². The molecule has 17 heavy (non-hydrogen) atoms. The minimum atomic E-state index is -4.42. The van der Waals surface area contributed by atoms with Crippen LogP contribution in [0.1, 0.15) is 6.92 Å². The first-order chi connectivity index (χ1) is 7.77. The number of nitro groups is 1. The Morgan fingerprint density at radius 3 is 2.53 bits per heavy atom. The first-order valence-electron chi connectivity index (χ1n) is 4.32. The lowest BCUT2D eigenvalue weighted by Gasteiger charge is -2.06. The van der Waals surface area contributed by atoms with E-state index in [1.807, 2.05) is 0 Å². The van der Waals surface area contributed by atoms with E-state index in [0.29, 0.717) is 0 Å². The van der Waals surface area contributed by atoms with Crippen LogP contribution in [0.25, 0.3) is 0 Å². The summed E-state index contributed by atoms with van der Waals surface area (Å²) >= 11 is 0. The summed E-state index contributed by atoms with van der Waals surface area (Å²) in [6, 6.07) is 1.60. The van der Waals surface area contributed by atoms with Crippen LogP contribution in [0.4, 0.5) is 10.1 Å². The Bertz CT molecular complexity index is 559. The van der Waals surface area contributed by atoms with Crippen LogP contribution < -0.4 is 4.74 Å². The highest BCUT2D eigenvalue weighted by molar-refractivity contribution is 8.13. The van der Waals surface area contributed by atoms with Crippen LogP contribution in [-0.2, 0) is 9.05 Å². The van der Waals surface area contributed by atoms with Crippen molar-refractivity contribution in [3.8, 4) is 5.75 Å². The Morgan fingerprint density at radius 1 is 1.53 bits per heavy atom. The lowest BCUT2D eigenvalue weighted by Crippen LogP contribution is -2.03. The standard InChI is InChI=1S/C8H7ClFNO5S/c1-2-16-5-3-6(11(12)13)8(10)7(4-5)17(9,14)15/h3-4H,2H2,1H3. The molecule has 0 aliphatic heterocycles. The van der Waals surface area contributed by atoms with Gasteiger partial charge < -0.3 is 4.74 Å². The highest BCUT2D eigenvalue weighted by Gasteiger charge is 2.27. The van der Waals surface area contributed by atoms with E-state index in [9.17, 15) is 22.9 Å². The van der Waals surface area contributed by atoms with E-state index in [0.717, 1.165) is 12.1 Å².